The molecule has 0 saturated heterocycles. The molecule has 0 radical (unpaired) electrons. The Morgan fingerprint density at radius 1 is 1.38 bits per heavy atom. The molecular weight excluding hydrogens is 156 g/mol. The third-order valence-corrected chi connectivity index (χ3v) is 2.61. The van der Waals surface area contributed by atoms with Crippen LogP contribution in [0.2, 0.25) is 0 Å². The summed E-state index contributed by atoms with van der Waals surface area (Å²) in [6.45, 7) is 12.5. The molecule has 0 nitrogen and oxygen atoms in total. The van der Waals surface area contributed by atoms with E-state index in [1.54, 1.807) is 0 Å². The molecule has 0 spiro atoms. The van der Waals surface area contributed by atoms with Crippen molar-refractivity contribution in [3.05, 3.63) is 36.5 Å². The van der Waals surface area contributed by atoms with Crippen molar-refractivity contribution >= 4 is 0 Å². The lowest BCUT2D eigenvalue weighted by atomic mass is 9.89. The number of hydrogen-bond acceptors (Lipinski definition) is 0. The molecule has 0 fully saturated rings. The molecule has 0 saturated carbocycles. The smallest absolute Gasteiger partial charge is 0.0169 e. The molecule has 74 valence electrons. The summed E-state index contributed by atoms with van der Waals surface area (Å²) in [5.74, 6) is 1.27. The highest BCUT2D eigenvalue weighted by molar-refractivity contribution is 5.08. The maximum atomic E-state index is 3.71. The highest BCUT2D eigenvalue weighted by Crippen LogP contribution is 2.21. The van der Waals surface area contributed by atoms with Gasteiger partial charge in [0.15, 0.2) is 0 Å². The molecule has 0 aliphatic carbocycles. The first kappa shape index (κ1) is 12.2. The number of allylic oxidation sites excluding steroid dienone is 5. The fourth-order valence-corrected chi connectivity index (χ4v) is 1.34. The SMILES string of the molecule is C=CC/C=C(\C)C(C)C(C)/C=C/C. The van der Waals surface area contributed by atoms with E-state index in [2.05, 4.69) is 52.5 Å². The molecule has 0 aliphatic rings. The highest BCUT2D eigenvalue weighted by Gasteiger charge is 2.09. The van der Waals surface area contributed by atoms with Crippen LogP contribution in [-0.2, 0) is 0 Å². The zero-order chi connectivity index (χ0) is 10.3. The Bertz CT molecular complexity index is 196. The van der Waals surface area contributed by atoms with Crippen molar-refractivity contribution in [2.24, 2.45) is 11.8 Å². The summed E-state index contributed by atoms with van der Waals surface area (Å²) in [6.07, 6.45) is 9.57. The molecule has 0 bridgehead atoms. The quantitative estimate of drug-likeness (QED) is 0.549. The molecule has 0 aromatic rings. The van der Waals surface area contributed by atoms with Crippen LogP contribution in [0, 0.1) is 11.8 Å². The van der Waals surface area contributed by atoms with E-state index in [4.69, 9.17) is 0 Å². The van der Waals surface area contributed by atoms with Gasteiger partial charge in [-0.15, -0.1) is 6.58 Å². The fourth-order valence-electron chi connectivity index (χ4n) is 1.34. The first-order chi connectivity index (χ1) is 6.13. The van der Waals surface area contributed by atoms with Gasteiger partial charge in [-0.25, -0.2) is 0 Å². The molecular formula is C13H22. The molecule has 0 aromatic carbocycles. The van der Waals surface area contributed by atoms with Gasteiger partial charge >= 0.3 is 0 Å². The molecule has 0 aliphatic heterocycles. The summed E-state index contributed by atoms with van der Waals surface area (Å²) < 4.78 is 0. The van der Waals surface area contributed by atoms with Crippen LogP contribution in [0.1, 0.15) is 34.1 Å². The third kappa shape index (κ3) is 4.72. The van der Waals surface area contributed by atoms with Crippen LogP contribution < -0.4 is 0 Å². The average Bonchev–Trinajstić information content (AvgIpc) is 2.13. The van der Waals surface area contributed by atoms with Gasteiger partial charge in [-0.3, -0.25) is 0 Å². The summed E-state index contributed by atoms with van der Waals surface area (Å²) in [5.41, 5.74) is 1.46. The van der Waals surface area contributed by atoms with Crippen LogP contribution in [0.4, 0.5) is 0 Å². The molecule has 0 N–H and O–H groups in total. The van der Waals surface area contributed by atoms with Crippen molar-refractivity contribution in [2.75, 3.05) is 0 Å². The Hall–Kier alpha value is -0.780. The van der Waals surface area contributed by atoms with E-state index in [0.29, 0.717) is 11.8 Å². The Morgan fingerprint density at radius 3 is 2.46 bits per heavy atom. The molecule has 2 atom stereocenters. The molecule has 0 amide bonds. The Morgan fingerprint density at radius 2 is 2.00 bits per heavy atom. The van der Waals surface area contributed by atoms with E-state index in [1.165, 1.54) is 5.57 Å². The second kappa shape index (κ2) is 6.71. The molecule has 0 aromatic heterocycles. The maximum absolute atomic E-state index is 3.71. The Labute approximate surface area is 83.0 Å². The summed E-state index contributed by atoms with van der Waals surface area (Å²) in [5, 5.41) is 0. The second-order valence-corrected chi connectivity index (χ2v) is 3.65. The van der Waals surface area contributed by atoms with E-state index < -0.39 is 0 Å². The average molecular weight is 178 g/mol. The minimum atomic E-state index is 0.631. The minimum Gasteiger partial charge on any atom is -0.103 e. The van der Waals surface area contributed by atoms with Crippen molar-refractivity contribution < 1.29 is 0 Å². The van der Waals surface area contributed by atoms with E-state index in [0.717, 1.165) is 6.42 Å². The van der Waals surface area contributed by atoms with Crippen molar-refractivity contribution in [2.45, 2.75) is 34.1 Å². The van der Waals surface area contributed by atoms with Gasteiger partial charge in [0.05, 0.1) is 0 Å². The van der Waals surface area contributed by atoms with E-state index in [1.807, 2.05) is 6.08 Å². The van der Waals surface area contributed by atoms with E-state index >= 15 is 0 Å². The molecule has 2 unspecified atom stereocenters. The van der Waals surface area contributed by atoms with Gasteiger partial charge in [0.2, 0.25) is 0 Å². The number of rotatable bonds is 5. The highest BCUT2D eigenvalue weighted by atomic mass is 14.1. The van der Waals surface area contributed by atoms with Crippen LogP contribution in [-0.4, -0.2) is 0 Å². The molecule has 13 heavy (non-hydrogen) atoms. The Balaban J connectivity index is 4.22. The maximum Gasteiger partial charge on any atom is -0.0169 e. The lowest BCUT2D eigenvalue weighted by molar-refractivity contribution is 0.527. The summed E-state index contributed by atoms with van der Waals surface area (Å²) in [6, 6.07) is 0. The molecule has 0 heterocycles. The van der Waals surface area contributed by atoms with Crippen molar-refractivity contribution in [3.63, 3.8) is 0 Å². The Kier molecular flexibility index (Phi) is 6.30. The van der Waals surface area contributed by atoms with Gasteiger partial charge in [0, 0.05) is 0 Å². The monoisotopic (exact) mass is 178 g/mol. The topological polar surface area (TPSA) is 0 Å². The standard InChI is InChI=1S/C13H22/c1-6-8-10-12(4)13(5)11(3)9-7-2/h6-7,9-11,13H,1,8H2,2-5H3/b9-7+,12-10+. The van der Waals surface area contributed by atoms with Gasteiger partial charge in [-0.05, 0) is 32.1 Å². The van der Waals surface area contributed by atoms with Crippen LogP contribution in [0.3, 0.4) is 0 Å². The van der Waals surface area contributed by atoms with Crippen LogP contribution in [0.15, 0.2) is 36.5 Å². The predicted molar refractivity (Wildman–Crippen MR) is 61.7 cm³/mol. The van der Waals surface area contributed by atoms with Gasteiger partial charge in [-0.1, -0.05) is 43.7 Å². The minimum absolute atomic E-state index is 0.631. The van der Waals surface area contributed by atoms with Gasteiger partial charge in [-0.2, -0.15) is 0 Å². The summed E-state index contributed by atoms with van der Waals surface area (Å²) in [4.78, 5) is 0. The third-order valence-electron chi connectivity index (χ3n) is 2.61. The van der Waals surface area contributed by atoms with Crippen LogP contribution in [0.5, 0.6) is 0 Å². The van der Waals surface area contributed by atoms with Crippen molar-refractivity contribution in [1.82, 2.24) is 0 Å². The van der Waals surface area contributed by atoms with Gasteiger partial charge in [0.25, 0.3) is 0 Å². The van der Waals surface area contributed by atoms with Crippen LogP contribution >= 0.6 is 0 Å². The van der Waals surface area contributed by atoms with Crippen molar-refractivity contribution in [3.8, 4) is 0 Å². The first-order valence-corrected chi connectivity index (χ1v) is 5.03. The van der Waals surface area contributed by atoms with E-state index in [9.17, 15) is 0 Å². The zero-order valence-electron chi connectivity index (χ0n) is 9.38. The lowest BCUT2D eigenvalue weighted by Crippen LogP contribution is -2.06. The summed E-state index contributed by atoms with van der Waals surface area (Å²) in [7, 11) is 0. The largest absolute Gasteiger partial charge is 0.103 e. The second-order valence-electron chi connectivity index (χ2n) is 3.65. The fraction of sp³-hybridized carbons (Fsp3) is 0.538. The zero-order valence-corrected chi connectivity index (χ0v) is 9.38. The van der Waals surface area contributed by atoms with Crippen molar-refractivity contribution in [1.29, 1.82) is 0 Å². The van der Waals surface area contributed by atoms with E-state index in [-0.39, 0.29) is 0 Å². The normalized spacial score (nSPS) is 17.4. The first-order valence-electron chi connectivity index (χ1n) is 5.03. The molecule has 0 heteroatoms. The van der Waals surface area contributed by atoms with Crippen LogP contribution in [0.25, 0.3) is 0 Å². The predicted octanol–water partition coefficient (Wildman–Crippen LogP) is 4.36. The molecule has 0 rings (SSSR count). The lowest BCUT2D eigenvalue weighted by Gasteiger charge is -2.17. The van der Waals surface area contributed by atoms with Gasteiger partial charge < -0.3 is 0 Å². The number of hydrogen-bond donors (Lipinski definition) is 0. The van der Waals surface area contributed by atoms with Gasteiger partial charge in [0.1, 0.15) is 0 Å². The summed E-state index contributed by atoms with van der Waals surface area (Å²) >= 11 is 0.